The van der Waals surface area contributed by atoms with Crippen LogP contribution in [0.5, 0.6) is 5.75 Å². The second kappa shape index (κ2) is 4.66. The maximum absolute atomic E-state index is 12.9. The van der Waals surface area contributed by atoms with E-state index in [0.29, 0.717) is 0 Å². The molecule has 0 radical (unpaired) electrons. The predicted octanol–water partition coefficient (Wildman–Crippen LogP) is 2.97. The summed E-state index contributed by atoms with van der Waals surface area (Å²) in [6, 6.07) is -0.112. The Morgan fingerprint density at radius 1 is 1.39 bits per heavy atom. The van der Waals surface area contributed by atoms with Gasteiger partial charge in [-0.2, -0.15) is 4.39 Å². The number of rotatable bonds is 3. The van der Waals surface area contributed by atoms with Crippen molar-refractivity contribution in [3.05, 3.63) is 27.7 Å². The van der Waals surface area contributed by atoms with Gasteiger partial charge >= 0.3 is 18.1 Å². The molecule has 0 aliphatic heterocycles. The normalized spacial score (nSPS) is 11.7. The smallest absolute Gasteiger partial charge is 0.398 e. The molecule has 0 unspecified atom stereocenters. The van der Waals surface area contributed by atoms with Crippen molar-refractivity contribution in [3.8, 4) is 5.75 Å². The maximum atomic E-state index is 12.9. The minimum Gasteiger partial charge on any atom is -0.398 e. The molecule has 1 aromatic heterocycles. The van der Waals surface area contributed by atoms with E-state index in [4.69, 9.17) is 0 Å². The molecule has 0 atom stereocenters. The Bertz CT molecular complexity index is 475. The van der Waals surface area contributed by atoms with Crippen LogP contribution in [0.2, 0.25) is 0 Å². The summed E-state index contributed by atoms with van der Waals surface area (Å²) in [4.78, 5) is 11.2. The number of nitro groups is 1. The van der Waals surface area contributed by atoms with Gasteiger partial charge in [0.25, 0.3) is 6.43 Å². The summed E-state index contributed by atoms with van der Waals surface area (Å²) in [5.41, 5.74) is -1.47. The third kappa shape index (κ3) is 3.21. The van der Waals surface area contributed by atoms with Gasteiger partial charge in [-0.05, 0) is 9.91 Å². The van der Waals surface area contributed by atoms with E-state index in [-0.39, 0.29) is 6.07 Å². The molecule has 1 aromatic rings. The highest BCUT2D eigenvalue weighted by atomic mass is 19.4. The highest BCUT2D eigenvalue weighted by molar-refractivity contribution is 5.39. The first-order valence-electron chi connectivity index (χ1n) is 4.00. The van der Waals surface area contributed by atoms with Crippen molar-refractivity contribution in [2.24, 2.45) is 0 Å². The zero-order chi connectivity index (χ0) is 14.1. The van der Waals surface area contributed by atoms with Crippen LogP contribution in [0.3, 0.4) is 0 Å². The largest absolute Gasteiger partial charge is 0.573 e. The molecular formula is C7H2F6N2O3. The number of pyridine rings is 1. The fraction of sp³-hybridized carbons (Fsp3) is 0.286. The first kappa shape index (κ1) is 14.0. The summed E-state index contributed by atoms with van der Waals surface area (Å²) in [6.45, 7) is 0. The molecule has 0 saturated carbocycles. The van der Waals surface area contributed by atoms with Crippen LogP contribution in [-0.4, -0.2) is 16.3 Å². The van der Waals surface area contributed by atoms with Gasteiger partial charge in [-0.15, -0.1) is 13.2 Å². The lowest BCUT2D eigenvalue weighted by molar-refractivity contribution is -0.391. The standard InChI is InChI=1S/C7H2F6N2O3/c8-4(9)2-1-3(18-7(11,12)13)5(10)14-6(2)15(16)17/h1,4H. The van der Waals surface area contributed by atoms with Crippen LogP contribution in [0.1, 0.15) is 12.0 Å². The summed E-state index contributed by atoms with van der Waals surface area (Å²) >= 11 is 0. The summed E-state index contributed by atoms with van der Waals surface area (Å²) < 4.78 is 75.9. The lowest BCUT2D eigenvalue weighted by atomic mass is 10.2. The zero-order valence-electron chi connectivity index (χ0n) is 8.04. The van der Waals surface area contributed by atoms with E-state index < -0.39 is 40.8 Å². The third-order valence-corrected chi connectivity index (χ3v) is 1.59. The van der Waals surface area contributed by atoms with Crippen molar-refractivity contribution >= 4 is 5.82 Å². The van der Waals surface area contributed by atoms with E-state index in [0.717, 1.165) is 0 Å². The molecular weight excluding hydrogens is 274 g/mol. The van der Waals surface area contributed by atoms with Crippen molar-refractivity contribution in [2.45, 2.75) is 12.8 Å². The van der Waals surface area contributed by atoms with Crippen molar-refractivity contribution in [1.82, 2.24) is 4.98 Å². The molecule has 1 rings (SSSR count). The van der Waals surface area contributed by atoms with Crippen LogP contribution in [0.25, 0.3) is 0 Å². The van der Waals surface area contributed by atoms with Gasteiger partial charge < -0.3 is 14.9 Å². The van der Waals surface area contributed by atoms with Gasteiger partial charge in [-0.25, -0.2) is 8.78 Å². The van der Waals surface area contributed by atoms with Gasteiger partial charge in [-0.1, -0.05) is 0 Å². The van der Waals surface area contributed by atoms with E-state index in [2.05, 4.69) is 9.72 Å². The number of alkyl halides is 5. The predicted molar refractivity (Wildman–Crippen MR) is 42.5 cm³/mol. The molecule has 18 heavy (non-hydrogen) atoms. The highest BCUT2D eigenvalue weighted by Crippen LogP contribution is 2.33. The minimum atomic E-state index is -5.34. The quantitative estimate of drug-likeness (QED) is 0.368. The maximum Gasteiger partial charge on any atom is 0.573 e. The van der Waals surface area contributed by atoms with E-state index in [9.17, 15) is 36.5 Å². The van der Waals surface area contributed by atoms with Gasteiger partial charge in [0.1, 0.15) is 5.56 Å². The monoisotopic (exact) mass is 276 g/mol. The van der Waals surface area contributed by atoms with E-state index in [1.165, 1.54) is 0 Å². The van der Waals surface area contributed by atoms with Crippen LogP contribution in [0, 0.1) is 16.1 Å². The molecule has 1 heterocycles. The second-order valence-electron chi connectivity index (χ2n) is 2.80. The highest BCUT2D eigenvalue weighted by Gasteiger charge is 2.36. The first-order valence-corrected chi connectivity index (χ1v) is 4.00. The van der Waals surface area contributed by atoms with Crippen LogP contribution in [-0.2, 0) is 0 Å². The van der Waals surface area contributed by atoms with Gasteiger partial charge in [0.2, 0.25) is 5.75 Å². The first-order chi connectivity index (χ1) is 8.11. The van der Waals surface area contributed by atoms with Gasteiger partial charge in [-0.3, -0.25) is 0 Å². The molecule has 0 bridgehead atoms. The molecule has 0 N–H and O–H groups in total. The Hall–Kier alpha value is -2.07. The Morgan fingerprint density at radius 2 is 1.94 bits per heavy atom. The Morgan fingerprint density at radius 3 is 2.33 bits per heavy atom. The van der Waals surface area contributed by atoms with Gasteiger partial charge in [0.15, 0.2) is 0 Å². The second-order valence-corrected chi connectivity index (χ2v) is 2.80. The van der Waals surface area contributed by atoms with Gasteiger partial charge in [0.05, 0.1) is 0 Å². The van der Waals surface area contributed by atoms with E-state index >= 15 is 0 Å². The number of hydrogen-bond donors (Lipinski definition) is 0. The van der Waals surface area contributed by atoms with E-state index in [1.54, 1.807) is 0 Å². The summed E-state index contributed by atoms with van der Waals surface area (Å²) in [7, 11) is 0. The Kier molecular flexibility index (Phi) is 3.62. The lowest BCUT2D eigenvalue weighted by Crippen LogP contribution is -2.19. The minimum absolute atomic E-state index is 0.112. The molecule has 0 spiro atoms. The molecule has 0 aliphatic carbocycles. The number of halogens is 6. The molecule has 0 aliphatic rings. The summed E-state index contributed by atoms with van der Waals surface area (Å²) in [6.07, 6.45) is -8.84. The van der Waals surface area contributed by atoms with Crippen molar-refractivity contribution in [2.75, 3.05) is 0 Å². The van der Waals surface area contributed by atoms with Gasteiger partial charge in [0, 0.05) is 6.07 Å². The molecule has 0 fully saturated rings. The molecule has 11 heteroatoms. The SMILES string of the molecule is O=[N+]([O-])c1nc(F)c(OC(F)(F)F)cc1C(F)F. The number of hydrogen-bond acceptors (Lipinski definition) is 4. The average Bonchev–Trinajstić information content (AvgIpc) is 2.17. The number of nitrogens with zero attached hydrogens (tertiary/aromatic N) is 2. The summed E-state index contributed by atoms with van der Waals surface area (Å²) in [5, 5.41) is 10.3. The lowest BCUT2D eigenvalue weighted by Gasteiger charge is -2.09. The molecule has 100 valence electrons. The average molecular weight is 276 g/mol. The molecule has 0 saturated heterocycles. The fourth-order valence-electron chi connectivity index (χ4n) is 0.981. The number of aromatic nitrogens is 1. The van der Waals surface area contributed by atoms with Crippen LogP contribution in [0.4, 0.5) is 32.2 Å². The topological polar surface area (TPSA) is 65.3 Å². The fourth-order valence-corrected chi connectivity index (χ4v) is 0.981. The Balaban J connectivity index is 3.32. The van der Waals surface area contributed by atoms with Crippen LogP contribution in [0.15, 0.2) is 6.07 Å². The van der Waals surface area contributed by atoms with Crippen molar-refractivity contribution in [3.63, 3.8) is 0 Å². The molecule has 0 amide bonds. The van der Waals surface area contributed by atoms with Crippen LogP contribution < -0.4 is 4.74 Å². The van der Waals surface area contributed by atoms with Crippen molar-refractivity contribution < 1.29 is 36.0 Å². The molecule has 5 nitrogen and oxygen atoms in total. The zero-order valence-corrected chi connectivity index (χ0v) is 8.04. The van der Waals surface area contributed by atoms with Crippen LogP contribution >= 0.6 is 0 Å². The van der Waals surface area contributed by atoms with E-state index in [1.807, 2.05) is 0 Å². The Labute approximate surface area is 94.1 Å². The number of ether oxygens (including phenoxy) is 1. The third-order valence-electron chi connectivity index (χ3n) is 1.59. The molecule has 0 aromatic carbocycles. The summed E-state index contributed by atoms with van der Waals surface area (Å²) in [5.74, 6) is -5.25. The van der Waals surface area contributed by atoms with Crippen molar-refractivity contribution in [1.29, 1.82) is 0 Å².